The summed E-state index contributed by atoms with van der Waals surface area (Å²) in [4.78, 5) is 11.8. The Hall–Kier alpha value is -2.51. The van der Waals surface area contributed by atoms with Crippen LogP contribution >= 0.6 is 11.6 Å². The van der Waals surface area contributed by atoms with Crippen LogP contribution in [0.5, 0.6) is 0 Å². The summed E-state index contributed by atoms with van der Waals surface area (Å²) in [5.41, 5.74) is 0.810. The van der Waals surface area contributed by atoms with E-state index >= 15 is 0 Å². The zero-order valence-electron chi connectivity index (χ0n) is 12.5. The molecular formula is C16H13ClN2O4S. The molecule has 6 nitrogen and oxygen atoms in total. The molecule has 0 fully saturated rings. The van der Waals surface area contributed by atoms with Gasteiger partial charge in [-0.15, -0.1) is 0 Å². The van der Waals surface area contributed by atoms with Crippen LogP contribution in [0.25, 0.3) is 5.76 Å². The van der Waals surface area contributed by atoms with Crippen molar-refractivity contribution in [2.45, 2.75) is 0 Å². The van der Waals surface area contributed by atoms with Gasteiger partial charge in [-0.25, -0.2) is 8.42 Å². The van der Waals surface area contributed by atoms with Crippen molar-refractivity contribution in [3.05, 3.63) is 64.0 Å². The van der Waals surface area contributed by atoms with Crippen molar-refractivity contribution in [1.82, 2.24) is 0 Å². The molecule has 8 heteroatoms. The van der Waals surface area contributed by atoms with E-state index in [4.69, 9.17) is 11.6 Å². The number of rotatable bonds is 2. The smallest absolute Gasteiger partial charge is 0.273 e. The number of aliphatic hydroxyl groups is 1. The van der Waals surface area contributed by atoms with E-state index in [0.29, 0.717) is 5.69 Å². The number of nitrogens with one attached hydrogen (secondary N) is 1. The third kappa shape index (κ3) is 2.51. The molecule has 3 rings (SSSR count). The molecular weight excluding hydrogens is 352 g/mol. The second-order valence-electron chi connectivity index (χ2n) is 5.10. The molecule has 0 radical (unpaired) electrons. The molecule has 0 aromatic heterocycles. The Bertz CT molecular complexity index is 970. The lowest BCUT2D eigenvalue weighted by Crippen LogP contribution is -2.37. The van der Waals surface area contributed by atoms with Gasteiger partial charge in [0, 0.05) is 12.6 Å². The van der Waals surface area contributed by atoms with Crippen LogP contribution in [0, 0.1) is 0 Å². The number of nitrogens with zero attached hydrogens (tertiary/aromatic N) is 1. The summed E-state index contributed by atoms with van der Waals surface area (Å²) >= 11 is 5.97. The lowest BCUT2D eigenvalue weighted by atomic mass is 10.1. The number of hydrogen-bond acceptors (Lipinski definition) is 4. The second kappa shape index (κ2) is 5.85. The van der Waals surface area contributed by atoms with Gasteiger partial charge in [0.2, 0.25) is 0 Å². The Kier molecular flexibility index (Phi) is 3.98. The Morgan fingerprint density at radius 2 is 1.75 bits per heavy atom. The number of sulfonamides is 1. The first kappa shape index (κ1) is 16.4. The second-order valence-corrected chi connectivity index (χ2v) is 7.41. The van der Waals surface area contributed by atoms with Crippen molar-refractivity contribution in [3.63, 3.8) is 0 Å². The Labute approximate surface area is 144 Å². The van der Waals surface area contributed by atoms with Gasteiger partial charge < -0.3 is 10.4 Å². The van der Waals surface area contributed by atoms with Gasteiger partial charge in [-0.05, 0) is 24.3 Å². The van der Waals surface area contributed by atoms with E-state index in [-0.39, 0.29) is 16.3 Å². The number of carbonyl (C=O) groups excluding carboxylic acids is 1. The molecule has 1 amide bonds. The van der Waals surface area contributed by atoms with Gasteiger partial charge in [0.25, 0.3) is 15.9 Å². The number of hydrogen-bond donors (Lipinski definition) is 2. The van der Waals surface area contributed by atoms with Crippen molar-refractivity contribution < 1.29 is 18.3 Å². The Balaban J connectivity index is 2.12. The molecule has 1 aliphatic rings. The summed E-state index contributed by atoms with van der Waals surface area (Å²) in [5, 5.41) is 13.1. The standard InChI is InChI=1S/C16H13ClN2O4S/c1-19-13-9-5-2-6-10(13)14(20)15(24(19,22)23)16(21)18-12-8-4-3-7-11(12)17/h2-9,20H,1H3,(H,18,21). The number of halogens is 1. The Morgan fingerprint density at radius 1 is 1.12 bits per heavy atom. The summed E-state index contributed by atoms with van der Waals surface area (Å²) < 4.78 is 26.2. The van der Waals surface area contributed by atoms with E-state index in [0.717, 1.165) is 4.31 Å². The summed E-state index contributed by atoms with van der Waals surface area (Å²) in [6.45, 7) is 0. The highest BCUT2D eigenvalue weighted by molar-refractivity contribution is 7.97. The predicted molar refractivity (Wildman–Crippen MR) is 93.4 cm³/mol. The zero-order valence-corrected chi connectivity index (χ0v) is 14.1. The van der Waals surface area contributed by atoms with Crippen molar-refractivity contribution in [3.8, 4) is 0 Å². The fourth-order valence-electron chi connectivity index (χ4n) is 2.43. The number of amides is 1. The fourth-order valence-corrected chi connectivity index (χ4v) is 3.94. The largest absolute Gasteiger partial charge is 0.506 e. The fraction of sp³-hybridized carbons (Fsp3) is 0.0625. The van der Waals surface area contributed by atoms with Crippen LogP contribution in [0.4, 0.5) is 11.4 Å². The van der Waals surface area contributed by atoms with Crippen LogP contribution in [0.2, 0.25) is 5.02 Å². The molecule has 0 atom stereocenters. The van der Waals surface area contributed by atoms with Gasteiger partial charge in [-0.2, -0.15) is 0 Å². The predicted octanol–water partition coefficient (Wildman–Crippen LogP) is 2.98. The quantitative estimate of drug-likeness (QED) is 0.857. The van der Waals surface area contributed by atoms with Crippen LogP contribution in [-0.2, 0) is 14.8 Å². The van der Waals surface area contributed by atoms with E-state index in [1.807, 2.05) is 0 Å². The van der Waals surface area contributed by atoms with E-state index in [9.17, 15) is 18.3 Å². The van der Waals surface area contributed by atoms with Gasteiger partial charge in [0.1, 0.15) is 0 Å². The lowest BCUT2D eigenvalue weighted by molar-refractivity contribution is -0.112. The molecule has 0 spiro atoms. The normalized spacial score (nSPS) is 15.8. The molecule has 2 N–H and O–H groups in total. The number of carbonyl (C=O) groups is 1. The molecule has 1 heterocycles. The van der Waals surface area contributed by atoms with Gasteiger partial charge in [0.05, 0.1) is 16.4 Å². The maximum atomic E-state index is 12.6. The van der Waals surface area contributed by atoms with Gasteiger partial charge in [0.15, 0.2) is 10.7 Å². The van der Waals surface area contributed by atoms with Crippen LogP contribution in [0.3, 0.4) is 0 Å². The first-order valence-corrected chi connectivity index (χ1v) is 8.73. The van der Waals surface area contributed by atoms with Crippen molar-refractivity contribution in [2.24, 2.45) is 0 Å². The first-order valence-electron chi connectivity index (χ1n) is 6.91. The number of aliphatic hydroxyl groups excluding tert-OH is 1. The summed E-state index contributed by atoms with van der Waals surface area (Å²) in [5.74, 6) is -1.55. The molecule has 0 saturated carbocycles. The average molecular weight is 365 g/mol. The Morgan fingerprint density at radius 3 is 2.46 bits per heavy atom. The number of anilines is 2. The molecule has 2 aromatic rings. The lowest BCUT2D eigenvalue weighted by Gasteiger charge is -2.28. The minimum atomic E-state index is -4.19. The molecule has 0 unspecified atom stereocenters. The highest BCUT2D eigenvalue weighted by Crippen LogP contribution is 2.37. The summed E-state index contributed by atoms with van der Waals surface area (Å²) in [6, 6.07) is 12.8. The van der Waals surface area contributed by atoms with Crippen LogP contribution in [0.1, 0.15) is 5.56 Å². The summed E-state index contributed by atoms with van der Waals surface area (Å²) in [6.07, 6.45) is 0. The maximum absolute atomic E-state index is 12.6. The maximum Gasteiger partial charge on any atom is 0.273 e. The minimum Gasteiger partial charge on any atom is -0.506 e. The summed E-state index contributed by atoms with van der Waals surface area (Å²) in [7, 11) is -2.87. The molecule has 124 valence electrons. The molecule has 0 aliphatic carbocycles. The van der Waals surface area contributed by atoms with Crippen LogP contribution in [-0.4, -0.2) is 26.5 Å². The van der Waals surface area contributed by atoms with E-state index in [1.54, 1.807) is 42.5 Å². The van der Waals surface area contributed by atoms with E-state index in [2.05, 4.69) is 5.32 Å². The van der Waals surface area contributed by atoms with Crippen molar-refractivity contribution in [2.75, 3.05) is 16.7 Å². The number of para-hydroxylation sites is 2. The SMILES string of the molecule is CN1c2ccccc2C(O)=C(C(=O)Nc2ccccc2Cl)S1(=O)=O. The third-order valence-corrected chi connectivity index (χ3v) is 5.80. The van der Waals surface area contributed by atoms with Crippen molar-refractivity contribution >= 4 is 44.7 Å². The topological polar surface area (TPSA) is 86.7 Å². The first-order chi connectivity index (χ1) is 11.3. The van der Waals surface area contributed by atoms with Crippen LogP contribution < -0.4 is 9.62 Å². The third-order valence-electron chi connectivity index (χ3n) is 3.66. The number of benzene rings is 2. The van der Waals surface area contributed by atoms with Gasteiger partial charge in [-0.3, -0.25) is 9.10 Å². The number of fused-ring (bicyclic) bond motifs is 1. The minimum absolute atomic E-state index is 0.251. The molecule has 1 aliphatic heterocycles. The average Bonchev–Trinajstić information content (AvgIpc) is 2.55. The van der Waals surface area contributed by atoms with Crippen LogP contribution in [0.15, 0.2) is 53.4 Å². The van der Waals surface area contributed by atoms with E-state index < -0.39 is 26.6 Å². The molecule has 24 heavy (non-hydrogen) atoms. The highest BCUT2D eigenvalue weighted by Gasteiger charge is 2.39. The van der Waals surface area contributed by atoms with E-state index in [1.165, 1.54) is 13.1 Å². The molecule has 2 aromatic carbocycles. The van der Waals surface area contributed by atoms with Gasteiger partial charge >= 0.3 is 0 Å². The monoisotopic (exact) mass is 364 g/mol. The highest BCUT2D eigenvalue weighted by atomic mass is 35.5. The molecule has 0 saturated heterocycles. The van der Waals surface area contributed by atoms with Crippen molar-refractivity contribution in [1.29, 1.82) is 0 Å². The zero-order chi connectivity index (χ0) is 17.5. The molecule has 0 bridgehead atoms. The van der Waals surface area contributed by atoms with Gasteiger partial charge in [-0.1, -0.05) is 35.9 Å².